The molecule has 0 fully saturated rings. The number of hydrogen-bond acceptors (Lipinski definition) is 2. The Kier molecular flexibility index (Phi) is 4.78. The van der Waals surface area contributed by atoms with Crippen LogP contribution in [-0.4, -0.2) is 22.3 Å². The molecule has 0 aliphatic heterocycles. The lowest BCUT2D eigenvalue weighted by Gasteiger charge is -2.20. The summed E-state index contributed by atoms with van der Waals surface area (Å²) in [6.45, 7) is 6.90. The van der Waals surface area contributed by atoms with Gasteiger partial charge >= 0.3 is 0 Å². The zero-order chi connectivity index (χ0) is 15.4. The molecule has 1 N–H and O–H groups in total. The van der Waals surface area contributed by atoms with Crippen LogP contribution in [-0.2, 0) is 11.3 Å². The molecule has 2 aromatic rings. The van der Waals surface area contributed by atoms with E-state index in [-0.39, 0.29) is 11.5 Å². The SMILES string of the molecule is CCCC(=O)N(CC)Cc1cc2ccc(C)cc2[nH]c1=O. The molecule has 21 heavy (non-hydrogen) atoms. The summed E-state index contributed by atoms with van der Waals surface area (Å²) >= 11 is 0. The predicted octanol–water partition coefficient (Wildman–Crippen LogP) is 2.99. The molecule has 1 amide bonds. The predicted molar refractivity (Wildman–Crippen MR) is 85.3 cm³/mol. The second kappa shape index (κ2) is 6.57. The molecule has 1 heterocycles. The molecule has 4 heteroatoms. The molecular formula is C17H22N2O2. The molecule has 1 aromatic carbocycles. The van der Waals surface area contributed by atoms with Crippen molar-refractivity contribution in [2.45, 2.75) is 40.2 Å². The summed E-state index contributed by atoms with van der Waals surface area (Å²) in [4.78, 5) is 28.8. The van der Waals surface area contributed by atoms with Crippen LogP contribution in [0.4, 0.5) is 0 Å². The molecule has 0 saturated heterocycles. The maximum atomic E-state index is 12.2. The number of aryl methyl sites for hydroxylation is 1. The molecule has 0 aliphatic carbocycles. The van der Waals surface area contributed by atoms with Gasteiger partial charge < -0.3 is 9.88 Å². The van der Waals surface area contributed by atoms with Crippen molar-refractivity contribution >= 4 is 16.8 Å². The van der Waals surface area contributed by atoms with Crippen molar-refractivity contribution in [3.63, 3.8) is 0 Å². The van der Waals surface area contributed by atoms with Gasteiger partial charge in [-0.15, -0.1) is 0 Å². The van der Waals surface area contributed by atoms with E-state index in [2.05, 4.69) is 4.98 Å². The fraction of sp³-hybridized carbons (Fsp3) is 0.412. The van der Waals surface area contributed by atoms with Crippen LogP contribution in [0.25, 0.3) is 10.9 Å². The minimum atomic E-state index is -0.115. The molecule has 0 unspecified atom stereocenters. The van der Waals surface area contributed by atoms with Crippen molar-refractivity contribution in [3.8, 4) is 0 Å². The lowest BCUT2D eigenvalue weighted by Crippen LogP contribution is -2.32. The van der Waals surface area contributed by atoms with Gasteiger partial charge in [0.2, 0.25) is 5.91 Å². The minimum Gasteiger partial charge on any atom is -0.338 e. The lowest BCUT2D eigenvalue weighted by atomic mass is 10.1. The van der Waals surface area contributed by atoms with Crippen LogP contribution in [0, 0.1) is 6.92 Å². The first kappa shape index (κ1) is 15.3. The van der Waals surface area contributed by atoms with Crippen LogP contribution in [0.3, 0.4) is 0 Å². The van der Waals surface area contributed by atoms with Gasteiger partial charge in [-0.3, -0.25) is 9.59 Å². The Morgan fingerprint density at radius 3 is 2.67 bits per heavy atom. The van der Waals surface area contributed by atoms with E-state index < -0.39 is 0 Å². The molecular weight excluding hydrogens is 264 g/mol. The molecule has 0 spiro atoms. The van der Waals surface area contributed by atoms with Crippen LogP contribution in [0.2, 0.25) is 0 Å². The van der Waals surface area contributed by atoms with Gasteiger partial charge in [-0.25, -0.2) is 0 Å². The molecule has 0 radical (unpaired) electrons. The van der Waals surface area contributed by atoms with Crippen LogP contribution in [0.5, 0.6) is 0 Å². The molecule has 0 bridgehead atoms. The molecule has 0 saturated carbocycles. The highest BCUT2D eigenvalue weighted by molar-refractivity contribution is 5.80. The average Bonchev–Trinajstić information content (AvgIpc) is 2.45. The van der Waals surface area contributed by atoms with Crippen molar-refractivity contribution in [1.82, 2.24) is 9.88 Å². The van der Waals surface area contributed by atoms with Gasteiger partial charge in [0.1, 0.15) is 0 Å². The van der Waals surface area contributed by atoms with Gasteiger partial charge in [0, 0.05) is 24.0 Å². The number of carbonyl (C=O) groups is 1. The molecule has 4 nitrogen and oxygen atoms in total. The number of H-pyrrole nitrogens is 1. The summed E-state index contributed by atoms with van der Waals surface area (Å²) in [5.74, 6) is 0.100. The summed E-state index contributed by atoms with van der Waals surface area (Å²) in [5, 5.41) is 0.995. The summed E-state index contributed by atoms with van der Waals surface area (Å²) in [6.07, 6.45) is 1.35. The second-order valence-electron chi connectivity index (χ2n) is 5.37. The number of carbonyl (C=O) groups excluding carboxylic acids is 1. The fourth-order valence-corrected chi connectivity index (χ4v) is 2.43. The Hall–Kier alpha value is -2.10. The first-order valence-electron chi connectivity index (χ1n) is 7.45. The Morgan fingerprint density at radius 1 is 1.24 bits per heavy atom. The van der Waals surface area contributed by atoms with E-state index in [1.54, 1.807) is 4.90 Å². The maximum Gasteiger partial charge on any atom is 0.253 e. The number of nitrogens with zero attached hydrogens (tertiary/aromatic N) is 1. The Labute approximate surface area is 124 Å². The lowest BCUT2D eigenvalue weighted by molar-refractivity contribution is -0.131. The highest BCUT2D eigenvalue weighted by Crippen LogP contribution is 2.14. The van der Waals surface area contributed by atoms with Crippen molar-refractivity contribution in [2.75, 3.05) is 6.54 Å². The van der Waals surface area contributed by atoms with Crippen LogP contribution < -0.4 is 5.56 Å². The van der Waals surface area contributed by atoms with Gasteiger partial charge in [0.05, 0.1) is 6.54 Å². The number of benzene rings is 1. The van der Waals surface area contributed by atoms with Gasteiger partial charge in [0.25, 0.3) is 5.56 Å². The number of nitrogens with one attached hydrogen (secondary N) is 1. The normalized spacial score (nSPS) is 10.8. The monoisotopic (exact) mass is 286 g/mol. The molecule has 0 atom stereocenters. The smallest absolute Gasteiger partial charge is 0.253 e. The summed E-state index contributed by atoms with van der Waals surface area (Å²) in [6, 6.07) is 7.86. The third-order valence-corrected chi connectivity index (χ3v) is 3.64. The maximum absolute atomic E-state index is 12.2. The minimum absolute atomic E-state index is 0.100. The Morgan fingerprint density at radius 2 is 2.00 bits per heavy atom. The first-order valence-corrected chi connectivity index (χ1v) is 7.45. The Bertz CT molecular complexity index is 703. The van der Waals surface area contributed by atoms with E-state index >= 15 is 0 Å². The number of pyridine rings is 1. The summed E-state index contributed by atoms with van der Waals surface area (Å²) in [5.41, 5.74) is 2.47. The van der Waals surface area contributed by atoms with E-state index in [0.29, 0.717) is 25.1 Å². The number of fused-ring (bicyclic) bond motifs is 1. The first-order chi connectivity index (χ1) is 10.0. The van der Waals surface area contributed by atoms with Crippen molar-refractivity contribution in [2.24, 2.45) is 0 Å². The van der Waals surface area contributed by atoms with Crippen molar-refractivity contribution in [3.05, 3.63) is 45.7 Å². The molecule has 1 aromatic heterocycles. The fourth-order valence-electron chi connectivity index (χ4n) is 2.43. The Balaban J connectivity index is 2.33. The highest BCUT2D eigenvalue weighted by Gasteiger charge is 2.13. The van der Waals surface area contributed by atoms with Crippen LogP contribution in [0.1, 0.15) is 37.8 Å². The quantitative estimate of drug-likeness (QED) is 0.918. The van der Waals surface area contributed by atoms with E-state index in [4.69, 9.17) is 0 Å². The average molecular weight is 286 g/mol. The van der Waals surface area contributed by atoms with Gasteiger partial charge in [-0.05, 0) is 43.4 Å². The molecule has 112 valence electrons. The number of hydrogen-bond donors (Lipinski definition) is 1. The second-order valence-corrected chi connectivity index (χ2v) is 5.37. The van der Waals surface area contributed by atoms with Gasteiger partial charge in [0.15, 0.2) is 0 Å². The number of amides is 1. The van der Waals surface area contributed by atoms with E-state index in [9.17, 15) is 9.59 Å². The van der Waals surface area contributed by atoms with Gasteiger partial charge in [-0.2, -0.15) is 0 Å². The third kappa shape index (κ3) is 3.51. The summed E-state index contributed by atoms with van der Waals surface area (Å²) in [7, 11) is 0. The zero-order valence-electron chi connectivity index (χ0n) is 12.9. The zero-order valence-corrected chi connectivity index (χ0v) is 12.9. The van der Waals surface area contributed by atoms with Crippen LogP contribution >= 0.6 is 0 Å². The molecule has 0 aliphatic rings. The van der Waals surface area contributed by atoms with Crippen molar-refractivity contribution < 1.29 is 4.79 Å². The largest absolute Gasteiger partial charge is 0.338 e. The third-order valence-electron chi connectivity index (χ3n) is 3.64. The number of aromatic nitrogens is 1. The van der Waals surface area contributed by atoms with E-state index in [0.717, 1.165) is 22.9 Å². The summed E-state index contributed by atoms with van der Waals surface area (Å²) < 4.78 is 0. The molecule has 2 rings (SSSR count). The topological polar surface area (TPSA) is 53.2 Å². The standard InChI is InChI=1S/C17H22N2O2/c1-4-6-16(20)19(5-2)11-14-10-13-8-7-12(3)9-15(13)18-17(14)21/h7-10H,4-6,11H2,1-3H3,(H,18,21). The van der Waals surface area contributed by atoms with E-state index in [1.165, 1.54) is 0 Å². The number of aromatic amines is 1. The van der Waals surface area contributed by atoms with E-state index in [1.807, 2.05) is 45.0 Å². The number of rotatable bonds is 5. The van der Waals surface area contributed by atoms with Gasteiger partial charge in [-0.1, -0.05) is 19.1 Å². The van der Waals surface area contributed by atoms with Crippen LogP contribution in [0.15, 0.2) is 29.1 Å². The highest BCUT2D eigenvalue weighted by atomic mass is 16.2. The van der Waals surface area contributed by atoms with Crippen molar-refractivity contribution in [1.29, 1.82) is 0 Å².